The van der Waals surface area contributed by atoms with Gasteiger partial charge in [0.25, 0.3) is 0 Å². The van der Waals surface area contributed by atoms with Crippen LogP contribution in [0.25, 0.3) is 55.4 Å². The molecular formula is C36H23N4O-. The van der Waals surface area contributed by atoms with E-state index in [0.717, 1.165) is 45.1 Å². The van der Waals surface area contributed by atoms with Gasteiger partial charge in [0.2, 0.25) is 0 Å². The van der Waals surface area contributed by atoms with Crippen LogP contribution in [0.5, 0.6) is 0 Å². The first kappa shape index (κ1) is 22.4. The quantitative estimate of drug-likeness (QED) is 0.250. The molecule has 2 unspecified atom stereocenters. The second-order valence-corrected chi connectivity index (χ2v) is 10.6. The predicted octanol–water partition coefficient (Wildman–Crippen LogP) is 8.78. The van der Waals surface area contributed by atoms with Gasteiger partial charge in [0.05, 0.1) is 5.84 Å². The molecule has 0 amide bonds. The van der Waals surface area contributed by atoms with Crippen LogP contribution in [-0.4, -0.2) is 11.7 Å². The molecule has 9 rings (SSSR count). The van der Waals surface area contributed by atoms with Gasteiger partial charge in [0.15, 0.2) is 6.17 Å². The van der Waals surface area contributed by atoms with Crippen molar-refractivity contribution in [3.8, 4) is 22.3 Å². The fourth-order valence-corrected chi connectivity index (χ4v) is 6.45. The Morgan fingerprint density at radius 3 is 2.39 bits per heavy atom. The zero-order chi connectivity index (χ0) is 26.9. The Kier molecular flexibility index (Phi) is 4.66. The molecule has 0 spiro atoms. The number of benzene rings is 5. The van der Waals surface area contributed by atoms with Crippen molar-refractivity contribution in [1.82, 2.24) is 5.32 Å². The molecule has 2 aliphatic heterocycles. The molecule has 1 N–H and O–H groups in total. The van der Waals surface area contributed by atoms with Gasteiger partial charge in [-0.2, -0.15) is 6.20 Å². The van der Waals surface area contributed by atoms with E-state index in [0.29, 0.717) is 0 Å². The lowest BCUT2D eigenvalue weighted by molar-refractivity contribution is 0.596. The number of amidine groups is 2. The zero-order valence-electron chi connectivity index (χ0n) is 22.0. The summed E-state index contributed by atoms with van der Waals surface area (Å²) in [5, 5.41) is 12.1. The fraction of sp³-hybridized carbons (Fsp3) is 0.0556. The van der Waals surface area contributed by atoms with E-state index < -0.39 is 6.17 Å². The fourth-order valence-electron chi connectivity index (χ4n) is 6.45. The smallest absolute Gasteiger partial charge is 0.169 e. The number of rotatable bonds is 3. The van der Waals surface area contributed by atoms with Crippen LogP contribution in [0.2, 0.25) is 0 Å². The van der Waals surface area contributed by atoms with Crippen molar-refractivity contribution in [3.05, 3.63) is 143 Å². The third kappa shape index (κ3) is 3.36. The van der Waals surface area contributed by atoms with E-state index >= 15 is 0 Å². The molecule has 2 atom stereocenters. The highest BCUT2D eigenvalue weighted by molar-refractivity contribution is 6.20. The molecular weight excluding hydrogens is 504 g/mol. The summed E-state index contributed by atoms with van der Waals surface area (Å²) in [7, 11) is 0. The van der Waals surface area contributed by atoms with Crippen LogP contribution >= 0.6 is 0 Å². The average molecular weight is 528 g/mol. The molecule has 1 aromatic heterocycles. The molecule has 5 heteroatoms. The number of furan rings is 1. The highest BCUT2D eigenvalue weighted by Crippen LogP contribution is 2.48. The standard InChI is InChI=1S/C36H23N4O/c1-2-9-21(10-3-1)34-38-35(23-19-22-11-8-15-26-24-12-4-5-13-25(24)28(20-23)31(22)26)40-36(39-34)33-32-27-14-6-7-16-29(27)41-30(32)17-18-37-33/h1-20,33-34H,(H,38,39,40)/q-1. The van der Waals surface area contributed by atoms with Crippen LogP contribution in [0.3, 0.4) is 0 Å². The van der Waals surface area contributed by atoms with E-state index in [1.165, 1.54) is 33.0 Å². The Labute approximate surface area is 236 Å². The Balaban J connectivity index is 1.21. The molecule has 5 aromatic carbocycles. The van der Waals surface area contributed by atoms with Crippen LogP contribution in [0.15, 0.2) is 130 Å². The van der Waals surface area contributed by atoms with Crippen molar-refractivity contribution in [3.63, 3.8) is 0 Å². The van der Waals surface area contributed by atoms with Crippen molar-refractivity contribution in [2.45, 2.75) is 12.2 Å². The topological polar surface area (TPSA) is 64.0 Å². The van der Waals surface area contributed by atoms with Gasteiger partial charge < -0.3 is 15.1 Å². The summed E-state index contributed by atoms with van der Waals surface area (Å²) in [6.45, 7) is 0. The van der Waals surface area contributed by atoms with Crippen LogP contribution < -0.4 is 5.32 Å². The summed E-state index contributed by atoms with van der Waals surface area (Å²) >= 11 is 0. The van der Waals surface area contributed by atoms with Crippen LogP contribution in [0, 0.1) is 0 Å². The maximum atomic E-state index is 6.19. The molecule has 0 radical (unpaired) electrons. The first-order valence-electron chi connectivity index (χ1n) is 13.8. The molecule has 194 valence electrons. The maximum Gasteiger partial charge on any atom is 0.169 e. The number of nitrogens with zero attached hydrogens (tertiary/aromatic N) is 3. The van der Waals surface area contributed by atoms with Gasteiger partial charge in [-0.05, 0) is 74.5 Å². The van der Waals surface area contributed by atoms with E-state index in [2.05, 4.69) is 78.1 Å². The second kappa shape index (κ2) is 8.54. The van der Waals surface area contributed by atoms with Crippen molar-refractivity contribution in [1.29, 1.82) is 0 Å². The lowest BCUT2D eigenvalue weighted by Gasteiger charge is -2.36. The molecule has 1 aliphatic carbocycles. The van der Waals surface area contributed by atoms with Crippen molar-refractivity contribution >= 4 is 39.5 Å². The average Bonchev–Trinajstić information content (AvgIpc) is 3.58. The number of hydrogen-bond donors (Lipinski definition) is 1. The zero-order valence-corrected chi connectivity index (χ0v) is 22.0. The van der Waals surface area contributed by atoms with Gasteiger partial charge in [-0.3, -0.25) is 0 Å². The Hall–Kier alpha value is -5.42. The molecule has 3 aliphatic rings. The number of para-hydroxylation sites is 1. The van der Waals surface area contributed by atoms with Crippen molar-refractivity contribution in [2.24, 2.45) is 9.98 Å². The minimum Gasteiger partial charge on any atom is -0.678 e. The first-order chi connectivity index (χ1) is 20.3. The first-order valence-corrected chi connectivity index (χ1v) is 13.8. The Morgan fingerprint density at radius 2 is 1.49 bits per heavy atom. The minimum atomic E-state index is -0.395. The largest absolute Gasteiger partial charge is 0.678 e. The summed E-state index contributed by atoms with van der Waals surface area (Å²) in [5.74, 6) is 2.36. The minimum absolute atomic E-state index is 0.335. The Bertz CT molecular complexity index is 2120. The van der Waals surface area contributed by atoms with Gasteiger partial charge in [-0.25, -0.2) is 9.98 Å². The number of nitrogens with one attached hydrogen (secondary N) is 1. The molecule has 41 heavy (non-hydrogen) atoms. The summed E-state index contributed by atoms with van der Waals surface area (Å²) in [6, 6.07) is 37.7. The van der Waals surface area contributed by atoms with Gasteiger partial charge in [-0.15, -0.1) is 0 Å². The molecule has 0 fully saturated rings. The monoisotopic (exact) mass is 527 g/mol. The van der Waals surface area contributed by atoms with E-state index in [-0.39, 0.29) is 6.04 Å². The van der Waals surface area contributed by atoms with E-state index in [1.807, 2.05) is 48.7 Å². The maximum absolute atomic E-state index is 6.19. The van der Waals surface area contributed by atoms with Gasteiger partial charge in [0, 0.05) is 10.9 Å². The Morgan fingerprint density at radius 1 is 0.707 bits per heavy atom. The lowest BCUT2D eigenvalue weighted by atomic mass is 9.97. The highest BCUT2D eigenvalue weighted by Gasteiger charge is 2.28. The van der Waals surface area contributed by atoms with E-state index in [4.69, 9.17) is 19.7 Å². The summed E-state index contributed by atoms with van der Waals surface area (Å²) in [6.07, 6.45) is 3.35. The molecule has 0 saturated heterocycles. The second-order valence-electron chi connectivity index (χ2n) is 10.6. The van der Waals surface area contributed by atoms with Crippen molar-refractivity contribution in [2.75, 3.05) is 0 Å². The SMILES string of the molecule is C1=Cc2oc3ccccc3c2C(C2=NC(c3ccccc3)N=C(c3cc4c5c(cccc5c3)-c3ccccc3-4)N2)[N-]1. The summed E-state index contributed by atoms with van der Waals surface area (Å²) in [5.41, 5.74) is 8.99. The van der Waals surface area contributed by atoms with Crippen LogP contribution in [0.1, 0.15) is 34.7 Å². The third-order valence-electron chi connectivity index (χ3n) is 8.27. The van der Waals surface area contributed by atoms with Gasteiger partial charge >= 0.3 is 0 Å². The highest BCUT2D eigenvalue weighted by atomic mass is 16.3. The third-order valence-corrected chi connectivity index (χ3v) is 8.27. The van der Waals surface area contributed by atoms with Gasteiger partial charge in [-0.1, -0.05) is 91.0 Å². The van der Waals surface area contributed by atoms with E-state index in [1.54, 1.807) is 0 Å². The summed E-state index contributed by atoms with van der Waals surface area (Å²) in [4.78, 5) is 10.3. The van der Waals surface area contributed by atoms with Crippen LogP contribution in [0.4, 0.5) is 0 Å². The van der Waals surface area contributed by atoms with E-state index in [9.17, 15) is 0 Å². The molecule has 0 bridgehead atoms. The molecule has 5 nitrogen and oxygen atoms in total. The predicted molar refractivity (Wildman–Crippen MR) is 166 cm³/mol. The summed E-state index contributed by atoms with van der Waals surface area (Å²) < 4.78 is 6.19. The van der Waals surface area contributed by atoms with Crippen LogP contribution in [-0.2, 0) is 0 Å². The van der Waals surface area contributed by atoms with Gasteiger partial charge in [0.1, 0.15) is 17.2 Å². The normalized spacial score (nSPS) is 18.3. The molecule has 3 heterocycles. The number of hydrogen-bond acceptors (Lipinski definition) is 4. The molecule has 6 aromatic rings. The van der Waals surface area contributed by atoms with Crippen molar-refractivity contribution < 1.29 is 4.42 Å². The lowest BCUT2D eigenvalue weighted by Crippen LogP contribution is -2.39. The molecule has 0 saturated carbocycles. The number of aliphatic imine (C=N–C) groups is 2. The number of fused-ring (bicyclic) bond motifs is 6.